The third-order valence-corrected chi connectivity index (χ3v) is 5.76. The van der Waals surface area contributed by atoms with E-state index in [4.69, 9.17) is 21.3 Å². The Morgan fingerprint density at radius 3 is 2.63 bits per heavy atom. The minimum Gasteiger partial charge on any atom is -0.378 e. The molecule has 30 heavy (non-hydrogen) atoms. The molecule has 0 radical (unpaired) electrons. The largest absolute Gasteiger partial charge is 0.378 e. The van der Waals surface area contributed by atoms with Crippen molar-refractivity contribution in [2.45, 2.75) is 6.92 Å². The summed E-state index contributed by atoms with van der Waals surface area (Å²) < 4.78 is 7.41. The van der Waals surface area contributed by atoms with Crippen LogP contribution in [0.2, 0.25) is 5.02 Å². The van der Waals surface area contributed by atoms with Gasteiger partial charge in [-0.2, -0.15) is 0 Å². The predicted octanol–water partition coefficient (Wildman–Crippen LogP) is 4.94. The fourth-order valence-corrected chi connectivity index (χ4v) is 3.85. The normalized spacial score (nSPS) is 14.3. The molecule has 3 heterocycles. The van der Waals surface area contributed by atoms with E-state index in [-0.39, 0.29) is 0 Å². The second-order valence-electron chi connectivity index (χ2n) is 7.33. The number of imidazole rings is 1. The summed E-state index contributed by atoms with van der Waals surface area (Å²) in [6.45, 7) is 5.36. The van der Waals surface area contributed by atoms with E-state index in [9.17, 15) is 0 Å². The maximum absolute atomic E-state index is 6.33. The van der Waals surface area contributed by atoms with Crippen LogP contribution >= 0.6 is 11.6 Å². The van der Waals surface area contributed by atoms with E-state index in [0.717, 1.165) is 59.7 Å². The SMILES string of the molecule is Cc1ccc(Nc2c(-c3ccc(N4CCOCC4)cc3)nc3ncccn23)cc1Cl. The van der Waals surface area contributed by atoms with E-state index in [0.29, 0.717) is 5.78 Å². The van der Waals surface area contributed by atoms with E-state index >= 15 is 0 Å². The van der Waals surface area contributed by atoms with Crippen molar-refractivity contribution in [1.29, 1.82) is 0 Å². The third kappa shape index (κ3) is 3.60. The molecule has 1 aliphatic heterocycles. The van der Waals surface area contributed by atoms with Gasteiger partial charge in [-0.05, 0) is 42.8 Å². The van der Waals surface area contributed by atoms with Crippen LogP contribution in [0.1, 0.15) is 5.56 Å². The van der Waals surface area contributed by atoms with Crippen molar-refractivity contribution in [2.75, 3.05) is 36.5 Å². The van der Waals surface area contributed by atoms with Crippen LogP contribution in [0, 0.1) is 6.92 Å². The van der Waals surface area contributed by atoms with Gasteiger partial charge in [-0.15, -0.1) is 0 Å². The Kier molecular flexibility index (Phi) is 5.02. The summed E-state index contributed by atoms with van der Waals surface area (Å²) in [5, 5.41) is 4.21. The molecule has 0 unspecified atom stereocenters. The van der Waals surface area contributed by atoms with Crippen molar-refractivity contribution >= 4 is 34.6 Å². The summed E-state index contributed by atoms with van der Waals surface area (Å²) in [6.07, 6.45) is 3.71. The van der Waals surface area contributed by atoms with Crippen molar-refractivity contribution in [3.63, 3.8) is 0 Å². The molecule has 2 aromatic carbocycles. The number of hydrogen-bond acceptors (Lipinski definition) is 5. The molecule has 152 valence electrons. The summed E-state index contributed by atoms with van der Waals surface area (Å²) in [4.78, 5) is 11.5. The molecule has 0 amide bonds. The van der Waals surface area contributed by atoms with Gasteiger partial charge in [-0.1, -0.05) is 29.8 Å². The number of rotatable bonds is 4. The number of fused-ring (bicyclic) bond motifs is 1. The highest BCUT2D eigenvalue weighted by atomic mass is 35.5. The third-order valence-electron chi connectivity index (χ3n) is 5.36. The number of anilines is 3. The van der Waals surface area contributed by atoms with Crippen LogP contribution < -0.4 is 10.2 Å². The van der Waals surface area contributed by atoms with Gasteiger partial charge < -0.3 is 15.0 Å². The molecule has 4 aromatic rings. The predicted molar refractivity (Wildman–Crippen MR) is 121 cm³/mol. The number of halogens is 1. The number of hydrogen-bond donors (Lipinski definition) is 1. The number of benzene rings is 2. The number of nitrogens with zero attached hydrogens (tertiary/aromatic N) is 4. The highest BCUT2D eigenvalue weighted by molar-refractivity contribution is 6.31. The first-order chi connectivity index (χ1) is 14.7. The molecule has 0 aliphatic carbocycles. The van der Waals surface area contributed by atoms with Gasteiger partial charge in [0.05, 0.1) is 13.2 Å². The number of morpholine rings is 1. The Morgan fingerprint density at radius 1 is 1.07 bits per heavy atom. The van der Waals surface area contributed by atoms with E-state index in [1.54, 1.807) is 6.20 Å². The Labute approximate surface area is 180 Å². The molecule has 1 aliphatic rings. The second kappa shape index (κ2) is 7.97. The van der Waals surface area contributed by atoms with Crippen LogP contribution in [0.3, 0.4) is 0 Å². The zero-order chi connectivity index (χ0) is 20.5. The van der Waals surface area contributed by atoms with Crippen molar-refractivity contribution < 1.29 is 4.74 Å². The van der Waals surface area contributed by atoms with Gasteiger partial charge in [-0.25, -0.2) is 9.97 Å². The van der Waals surface area contributed by atoms with Gasteiger partial charge in [-0.3, -0.25) is 4.40 Å². The van der Waals surface area contributed by atoms with Crippen LogP contribution in [0.4, 0.5) is 17.2 Å². The molecular weight excluding hydrogens is 398 g/mol. The van der Waals surface area contributed by atoms with E-state index < -0.39 is 0 Å². The first kappa shape index (κ1) is 18.9. The first-order valence-electron chi connectivity index (χ1n) is 9.98. The van der Waals surface area contributed by atoms with E-state index in [1.165, 1.54) is 5.69 Å². The summed E-state index contributed by atoms with van der Waals surface area (Å²) in [6, 6.07) is 16.4. The maximum atomic E-state index is 6.33. The van der Waals surface area contributed by atoms with Crippen LogP contribution in [0.15, 0.2) is 60.9 Å². The summed E-state index contributed by atoms with van der Waals surface area (Å²) in [5.41, 5.74) is 5.02. The molecule has 1 saturated heterocycles. The van der Waals surface area contributed by atoms with Crippen molar-refractivity contribution in [3.05, 3.63) is 71.5 Å². The summed E-state index contributed by atoms with van der Waals surface area (Å²) >= 11 is 6.33. The Morgan fingerprint density at radius 2 is 1.87 bits per heavy atom. The van der Waals surface area contributed by atoms with Crippen LogP contribution in [0.5, 0.6) is 0 Å². The Bertz CT molecular complexity index is 1180. The number of aromatic nitrogens is 3. The molecule has 2 aromatic heterocycles. The van der Waals surface area contributed by atoms with Crippen LogP contribution in [-0.2, 0) is 4.74 Å². The lowest BCUT2D eigenvalue weighted by Gasteiger charge is -2.28. The van der Waals surface area contributed by atoms with E-state index in [1.807, 2.05) is 41.8 Å². The molecule has 0 atom stereocenters. The lowest BCUT2D eigenvalue weighted by atomic mass is 10.1. The molecular formula is C23H22ClN5O. The van der Waals surface area contributed by atoms with Crippen molar-refractivity contribution in [2.24, 2.45) is 0 Å². The average molecular weight is 420 g/mol. The average Bonchev–Trinajstić information content (AvgIpc) is 3.15. The lowest BCUT2D eigenvalue weighted by Crippen LogP contribution is -2.36. The Hall–Kier alpha value is -3.09. The highest BCUT2D eigenvalue weighted by Gasteiger charge is 2.17. The zero-order valence-corrected chi connectivity index (χ0v) is 17.4. The van der Waals surface area contributed by atoms with Gasteiger partial charge in [0.15, 0.2) is 0 Å². The first-order valence-corrected chi connectivity index (χ1v) is 10.4. The molecule has 5 rings (SSSR count). The van der Waals surface area contributed by atoms with Gasteiger partial charge in [0.2, 0.25) is 5.78 Å². The minimum absolute atomic E-state index is 0.644. The number of nitrogens with one attached hydrogen (secondary N) is 1. The van der Waals surface area contributed by atoms with E-state index in [2.05, 4.69) is 39.5 Å². The lowest BCUT2D eigenvalue weighted by molar-refractivity contribution is 0.122. The highest BCUT2D eigenvalue weighted by Crippen LogP contribution is 2.33. The Balaban J connectivity index is 1.53. The summed E-state index contributed by atoms with van der Waals surface area (Å²) in [5.74, 6) is 1.50. The monoisotopic (exact) mass is 419 g/mol. The van der Waals surface area contributed by atoms with Crippen molar-refractivity contribution in [1.82, 2.24) is 14.4 Å². The second-order valence-corrected chi connectivity index (χ2v) is 7.74. The van der Waals surface area contributed by atoms with Gasteiger partial charge in [0.25, 0.3) is 0 Å². The topological polar surface area (TPSA) is 54.7 Å². The van der Waals surface area contributed by atoms with Crippen LogP contribution in [-0.4, -0.2) is 40.7 Å². The molecule has 1 N–H and O–H groups in total. The van der Waals surface area contributed by atoms with Gasteiger partial charge in [0.1, 0.15) is 11.5 Å². The fraction of sp³-hybridized carbons (Fsp3) is 0.217. The maximum Gasteiger partial charge on any atom is 0.235 e. The minimum atomic E-state index is 0.644. The number of ether oxygens (including phenoxy) is 1. The quantitative estimate of drug-likeness (QED) is 0.507. The van der Waals surface area contributed by atoms with Crippen molar-refractivity contribution in [3.8, 4) is 11.3 Å². The standard InChI is InChI=1S/C23H22ClN5O/c1-16-3-6-18(15-20(16)24)26-22-21(27-23-25-9-2-10-29(22)23)17-4-7-19(8-5-17)28-11-13-30-14-12-28/h2-10,15,26H,11-14H2,1H3. The molecule has 0 saturated carbocycles. The molecule has 7 heteroatoms. The molecule has 6 nitrogen and oxygen atoms in total. The van der Waals surface area contributed by atoms with Gasteiger partial charge >= 0.3 is 0 Å². The molecule has 0 bridgehead atoms. The molecule has 1 fully saturated rings. The molecule has 0 spiro atoms. The fourth-order valence-electron chi connectivity index (χ4n) is 3.67. The van der Waals surface area contributed by atoms with Gasteiger partial charge in [0, 0.05) is 47.4 Å². The number of aryl methyl sites for hydroxylation is 1. The van der Waals surface area contributed by atoms with Crippen LogP contribution in [0.25, 0.3) is 17.0 Å². The summed E-state index contributed by atoms with van der Waals surface area (Å²) in [7, 11) is 0. The zero-order valence-electron chi connectivity index (χ0n) is 16.7. The smallest absolute Gasteiger partial charge is 0.235 e.